The van der Waals surface area contributed by atoms with E-state index < -0.39 is 0 Å². The Labute approximate surface area is 204 Å². The smallest absolute Gasteiger partial charge is 0.291 e. The predicted molar refractivity (Wildman–Crippen MR) is 131 cm³/mol. The van der Waals surface area contributed by atoms with Crippen molar-refractivity contribution in [1.82, 2.24) is 20.2 Å². The summed E-state index contributed by atoms with van der Waals surface area (Å²) < 4.78 is 6.57. The summed E-state index contributed by atoms with van der Waals surface area (Å²) in [4.78, 5) is 36.3. The van der Waals surface area contributed by atoms with Crippen molar-refractivity contribution in [1.29, 1.82) is 0 Å². The number of carbonyl (C=O) groups is 3. The van der Waals surface area contributed by atoms with Crippen molar-refractivity contribution in [3.05, 3.63) is 72.7 Å². The molecule has 35 heavy (non-hydrogen) atoms. The Hall–Kier alpha value is -4.45. The maximum Gasteiger partial charge on any atom is 0.291 e. The summed E-state index contributed by atoms with van der Waals surface area (Å²) >= 11 is 1.16. The fourth-order valence-corrected chi connectivity index (χ4v) is 3.69. The summed E-state index contributed by atoms with van der Waals surface area (Å²) in [7, 11) is 0. The molecule has 178 valence electrons. The molecule has 4 aromatic rings. The van der Waals surface area contributed by atoms with Gasteiger partial charge in [-0.2, -0.15) is 4.68 Å². The van der Waals surface area contributed by atoms with Crippen molar-refractivity contribution in [2.75, 3.05) is 21.7 Å². The number of nitrogens with one attached hydrogen (secondary N) is 3. The van der Waals surface area contributed by atoms with E-state index in [2.05, 4.69) is 31.5 Å². The van der Waals surface area contributed by atoms with Crippen LogP contribution >= 0.6 is 11.8 Å². The van der Waals surface area contributed by atoms with Gasteiger partial charge >= 0.3 is 0 Å². The van der Waals surface area contributed by atoms with Gasteiger partial charge in [-0.1, -0.05) is 30.8 Å². The molecule has 0 unspecified atom stereocenters. The summed E-state index contributed by atoms with van der Waals surface area (Å²) in [6.45, 7) is 1.77. The van der Waals surface area contributed by atoms with Crippen LogP contribution in [0.4, 0.5) is 17.1 Å². The lowest BCUT2D eigenvalue weighted by Crippen LogP contribution is -2.15. The van der Waals surface area contributed by atoms with Gasteiger partial charge in [-0.05, 0) is 59.0 Å². The Morgan fingerprint density at radius 2 is 1.63 bits per heavy atom. The van der Waals surface area contributed by atoms with E-state index in [9.17, 15) is 14.4 Å². The van der Waals surface area contributed by atoms with Crippen molar-refractivity contribution in [2.45, 2.75) is 18.5 Å². The lowest BCUT2D eigenvalue weighted by atomic mass is 10.2. The average Bonchev–Trinajstić information content (AvgIpc) is 3.55. The number of hydrogen-bond acceptors (Lipinski definition) is 8. The Kier molecular flexibility index (Phi) is 7.53. The lowest BCUT2D eigenvalue weighted by Gasteiger charge is -2.09. The van der Waals surface area contributed by atoms with Gasteiger partial charge in [0.05, 0.1) is 17.7 Å². The van der Waals surface area contributed by atoms with Crippen LogP contribution in [0.25, 0.3) is 5.69 Å². The standard InChI is InChI=1S/C23H21N7O4S/c1-2-20(31)24-17-8-4-9-18(13-17)30-23(27-28-29-30)35-14-21(32)25-15-6-3-7-16(12-15)26-22(33)19-10-5-11-34-19/h3-13H,2,14H2,1H3,(H,24,31)(H,25,32)(H,26,33). The molecule has 0 fully saturated rings. The molecule has 3 amide bonds. The fourth-order valence-electron chi connectivity index (χ4n) is 3.00. The SMILES string of the molecule is CCC(=O)Nc1cccc(-n2nnnc2SCC(=O)Nc2cccc(NC(=O)c3ccco3)c2)c1. The van der Waals surface area contributed by atoms with Gasteiger partial charge in [0, 0.05) is 23.5 Å². The first-order chi connectivity index (χ1) is 17.0. The number of thioether (sulfide) groups is 1. The minimum atomic E-state index is -0.390. The molecule has 2 aromatic carbocycles. The highest BCUT2D eigenvalue weighted by atomic mass is 32.2. The summed E-state index contributed by atoms with van der Waals surface area (Å²) in [5.74, 6) is -0.529. The van der Waals surface area contributed by atoms with Gasteiger partial charge in [0.15, 0.2) is 5.76 Å². The quantitative estimate of drug-likeness (QED) is 0.301. The van der Waals surface area contributed by atoms with Gasteiger partial charge in [-0.15, -0.1) is 5.10 Å². The van der Waals surface area contributed by atoms with Crippen LogP contribution in [0.3, 0.4) is 0 Å². The molecule has 0 aliphatic rings. The molecule has 0 spiro atoms. The zero-order chi connectivity index (χ0) is 24.6. The fraction of sp³-hybridized carbons (Fsp3) is 0.130. The van der Waals surface area contributed by atoms with Crippen LogP contribution in [0.15, 0.2) is 76.5 Å². The van der Waals surface area contributed by atoms with Gasteiger partial charge in [0.25, 0.3) is 5.91 Å². The first-order valence-corrected chi connectivity index (χ1v) is 11.6. The van der Waals surface area contributed by atoms with Crippen molar-refractivity contribution in [2.24, 2.45) is 0 Å². The number of aromatic nitrogens is 4. The Balaban J connectivity index is 1.36. The van der Waals surface area contributed by atoms with E-state index in [1.807, 2.05) is 0 Å². The molecule has 12 heteroatoms. The molecule has 0 atom stereocenters. The van der Waals surface area contributed by atoms with Crippen molar-refractivity contribution in [3.8, 4) is 5.69 Å². The lowest BCUT2D eigenvalue weighted by molar-refractivity contribution is -0.116. The number of amides is 3. The maximum atomic E-state index is 12.5. The first kappa shape index (κ1) is 23.7. The van der Waals surface area contributed by atoms with Crippen molar-refractivity contribution < 1.29 is 18.8 Å². The van der Waals surface area contributed by atoms with E-state index >= 15 is 0 Å². The van der Waals surface area contributed by atoms with Gasteiger partial charge in [-0.25, -0.2) is 0 Å². The summed E-state index contributed by atoms with van der Waals surface area (Å²) in [6, 6.07) is 17.1. The zero-order valence-electron chi connectivity index (χ0n) is 18.6. The second-order valence-electron chi connectivity index (χ2n) is 7.17. The predicted octanol–water partition coefficient (Wildman–Crippen LogP) is 3.59. The molecule has 11 nitrogen and oxygen atoms in total. The molecule has 4 rings (SSSR count). The van der Waals surface area contributed by atoms with E-state index in [0.717, 1.165) is 11.8 Å². The van der Waals surface area contributed by atoms with E-state index in [4.69, 9.17) is 4.42 Å². The normalized spacial score (nSPS) is 10.5. The Morgan fingerprint density at radius 3 is 2.37 bits per heavy atom. The molecule has 3 N–H and O–H groups in total. The Bertz CT molecular complexity index is 1340. The van der Waals surface area contributed by atoms with Crippen LogP contribution in [0, 0.1) is 0 Å². The topological polar surface area (TPSA) is 144 Å². The number of rotatable bonds is 9. The molecule has 2 heterocycles. The van der Waals surface area contributed by atoms with E-state index in [-0.39, 0.29) is 29.2 Å². The number of benzene rings is 2. The highest BCUT2D eigenvalue weighted by molar-refractivity contribution is 7.99. The van der Waals surface area contributed by atoms with E-state index in [0.29, 0.717) is 34.3 Å². The molecule has 0 bridgehead atoms. The highest BCUT2D eigenvalue weighted by Crippen LogP contribution is 2.22. The number of furan rings is 1. The maximum absolute atomic E-state index is 12.5. The molecular weight excluding hydrogens is 470 g/mol. The molecule has 0 aliphatic heterocycles. The average molecular weight is 492 g/mol. The third kappa shape index (κ3) is 6.32. The van der Waals surface area contributed by atoms with E-state index in [1.165, 1.54) is 10.9 Å². The zero-order valence-corrected chi connectivity index (χ0v) is 19.4. The van der Waals surface area contributed by atoms with Crippen LogP contribution in [0.5, 0.6) is 0 Å². The van der Waals surface area contributed by atoms with Crippen LogP contribution in [0.1, 0.15) is 23.9 Å². The van der Waals surface area contributed by atoms with Gasteiger partial charge < -0.3 is 20.4 Å². The number of carbonyl (C=O) groups excluding carboxylic acids is 3. The van der Waals surface area contributed by atoms with Gasteiger partial charge in [0.1, 0.15) is 0 Å². The Morgan fingerprint density at radius 1 is 0.914 bits per heavy atom. The van der Waals surface area contributed by atoms with Gasteiger partial charge in [-0.3, -0.25) is 14.4 Å². The second-order valence-corrected chi connectivity index (χ2v) is 8.12. The monoisotopic (exact) mass is 491 g/mol. The minimum Gasteiger partial charge on any atom is -0.459 e. The number of nitrogens with zero attached hydrogens (tertiary/aromatic N) is 4. The number of anilines is 3. The number of tetrazole rings is 1. The van der Waals surface area contributed by atoms with Crippen molar-refractivity contribution in [3.63, 3.8) is 0 Å². The van der Waals surface area contributed by atoms with Crippen LogP contribution < -0.4 is 16.0 Å². The van der Waals surface area contributed by atoms with E-state index in [1.54, 1.807) is 67.6 Å². The van der Waals surface area contributed by atoms with Crippen LogP contribution in [-0.4, -0.2) is 43.7 Å². The van der Waals surface area contributed by atoms with Crippen LogP contribution in [-0.2, 0) is 9.59 Å². The molecule has 0 aliphatic carbocycles. The summed E-state index contributed by atoms with van der Waals surface area (Å²) in [6.07, 6.45) is 1.78. The molecule has 2 aromatic heterocycles. The van der Waals surface area contributed by atoms with Crippen molar-refractivity contribution >= 4 is 46.5 Å². The second kappa shape index (κ2) is 11.1. The molecular formula is C23H21N7O4S. The van der Waals surface area contributed by atoms with Gasteiger partial charge in [0.2, 0.25) is 17.0 Å². The first-order valence-electron chi connectivity index (χ1n) is 10.6. The molecule has 0 saturated carbocycles. The third-order valence-electron chi connectivity index (χ3n) is 4.62. The molecule has 0 radical (unpaired) electrons. The highest BCUT2D eigenvalue weighted by Gasteiger charge is 2.13. The summed E-state index contributed by atoms with van der Waals surface area (Å²) in [5, 5.41) is 20.4. The minimum absolute atomic E-state index is 0.0512. The third-order valence-corrected chi connectivity index (χ3v) is 5.54. The largest absolute Gasteiger partial charge is 0.459 e. The van der Waals surface area contributed by atoms with Crippen LogP contribution in [0.2, 0.25) is 0 Å². The summed E-state index contributed by atoms with van der Waals surface area (Å²) in [5.41, 5.74) is 2.30. The number of hydrogen-bond donors (Lipinski definition) is 3. The molecule has 0 saturated heterocycles.